The molecule has 0 heterocycles. The van der Waals surface area contributed by atoms with Gasteiger partial charge in [0, 0.05) is 6.61 Å². The summed E-state index contributed by atoms with van der Waals surface area (Å²) in [6.07, 6.45) is 21.7. The van der Waals surface area contributed by atoms with E-state index in [9.17, 15) is 0 Å². The molecule has 0 atom stereocenters. The average molecular weight is 254 g/mol. The minimum Gasteiger partial charge on any atom is -0.396 e. The van der Waals surface area contributed by atoms with Crippen molar-refractivity contribution in [3.05, 3.63) is 12.2 Å². The van der Waals surface area contributed by atoms with E-state index in [-0.39, 0.29) is 0 Å². The third-order valence-corrected chi connectivity index (χ3v) is 3.42. The Bertz CT molecular complexity index is 163. The summed E-state index contributed by atoms with van der Waals surface area (Å²) in [5, 5.41) is 8.65. The van der Waals surface area contributed by atoms with Gasteiger partial charge in [0.15, 0.2) is 0 Å². The minimum absolute atomic E-state index is 0.366. The highest BCUT2D eigenvalue weighted by atomic mass is 16.2. The summed E-state index contributed by atoms with van der Waals surface area (Å²) >= 11 is 0. The first-order valence-electron chi connectivity index (χ1n) is 8.17. The molecule has 0 fully saturated rings. The maximum Gasteiger partial charge on any atom is 0.0431 e. The van der Waals surface area contributed by atoms with Gasteiger partial charge in [-0.25, -0.2) is 0 Å². The van der Waals surface area contributed by atoms with Crippen molar-refractivity contribution < 1.29 is 5.11 Å². The van der Waals surface area contributed by atoms with E-state index < -0.39 is 0 Å². The van der Waals surface area contributed by atoms with Gasteiger partial charge < -0.3 is 5.11 Å². The van der Waals surface area contributed by atoms with Crippen LogP contribution in [0, 0.1) is 0 Å². The van der Waals surface area contributed by atoms with E-state index in [1.54, 1.807) is 0 Å². The molecule has 0 aliphatic carbocycles. The van der Waals surface area contributed by atoms with Gasteiger partial charge >= 0.3 is 0 Å². The van der Waals surface area contributed by atoms with Gasteiger partial charge in [-0.05, 0) is 32.1 Å². The van der Waals surface area contributed by atoms with Crippen LogP contribution in [-0.2, 0) is 0 Å². The average Bonchev–Trinajstić information content (AvgIpc) is 2.39. The molecule has 0 saturated heterocycles. The maximum atomic E-state index is 8.65. The van der Waals surface area contributed by atoms with Gasteiger partial charge in [-0.15, -0.1) is 0 Å². The van der Waals surface area contributed by atoms with Gasteiger partial charge in [0.1, 0.15) is 0 Å². The quantitative estimate of drug-likeness (QED) is 0.315. The third kappa shape index (κ3) is 15.7. The van der Waals surface area contributed by atoms with Crippen LogP contribution in [0.5, 0.6) is 0 Å². The number of aliphatic hydroxyl groups excluding tert-OH is 1. The molecule has 0 radical (unpaired) electrons. The van der Waals surface area contributed by atoms with Crippen molar-refractivity contribution in [3.8, 4) is 0 Å². The molecule has 0 aromatic carbocycles. The number of unbranched alkanes of at least 4 members (excludes halogenated alkanes) is 11. The van der Waals surface area contributed by atoms with Crippen LogP contribution >= 0.6 is 0 Å². The van der Waals surface area contributed by atoms with Crippen molar-refractivity contribution in [2.24, 2.45) is 0 Å². The lowest BCUT2D eigenvalue weighted by atomic mass is 10.1. The highest BCUT2D eigenvalue weighted by molar-refractivity contribution is 4.81. The van der Waals surface area contributed by atoms with Crippen molar-refractivity contribution in [2.45, 2.75) is 90.4 Å². The first kappa shape index (κ1) is 17.7. The zero-order valence-electron chi connectivity index (χ0n) is 12.5. The van der Waals surface area contributed by atoms with Crippen molar-refractivity contribution in [2.75, 3.05) is 6.61 Å². The highest BCUT2D eigenvalue weighted by Crippen LogP contribution is 2.10. The molecule has 0 aliphatic heterocycles. The molecule has 0 spiro atoms. The van der Waals surface area contributed by atoms with Gasteiger partial charge in [-0.1, -0.05) is 70.4 Å². The van der Waals surface area contributed by atoms with E-state index in [1.165, 1.54) is 77.0 Å². The Morgan fingerprint density at radius 2 is 1.06 bits per heavy atom. The second-order valence-electron chi connectivity index (χ2n) is 5.31. The minimum atomic E-state index is 0.366. The second kappa shape index (κ2) is 16.7. The Hall–Kier alpha value is -0.300. The predicted octanol–water partition coefficient (Wildman–Crippen LogP) is 5.63. The van der Waals surface area contributed by atoms with Crippen LogP contribution in [-0.4, -0.2) is 11.7 Å². The standard InChI is InChI=1S/C17H34O/c1-2-3-4-5-6-7-8-9-10-11-12-13-14-15-16-17-18/h6-7,18H,2-5,8-17H2,1H3/b7-6-. The van der Waals surface area contributed by atoms with E-state index in [2.05, 4.69) is 19.1 Å². The Balaban J connectivity index is 2.98. The van der Waals surface area contributed by atoms with E-state index in [0.717, 1.165) is 6.42 Å². The SMILES string of the molecule is CCCCC/C=C\CCCCCCCCCCO. The van der Waals surface area contributed by atoms with Crippen LogP contribution < -0.4 is 0 Å². The lowest BCUT2D eigenvalue weighted by Crippen LogP contribution is -1.84. The van der Waals surface area contributed by atoms with Gasteiger partial charge in [0.25, 0.3) is 0 Å². The molecule has 0 rings (SSSR count). The molecule has 1 nitrogen and oxygen atoms in total. The largest absolute Gasteiger partial charge is 0.396 e. The monoisotopic (exact) mass is 254 g/mol. The summed E-state index contributed by atoms with van der Waals surface area (Å²) in [5.74, 6) is 0. The highest BCUT2D eigenvalue weighted by Gasteiger charge is 1.91. The molecular formula is C17H34O. The van der Waals surface area contributed by atoms with E-state index in [0.29, 0.717) is 6.61 Å². The molecular weight excluding hydrogens is 220 g/mol. The predicted molar refractivity (Wildman–Crippen MR) is 81.9 cm³/mol. The van der Waals surface area contributed by atoms with E-state index >= 15 is 0 Å². The summed E-state index contributed by atoms with van der Waals surface area (Å²) in [5.41, 5.74) is 0. The first-order valence-corrected chi connectivity index (χ1v) is 8.17. The Kier molecular flexibility index (Phi) is 16.4. The molecule has 0 bridgehead atoms. The van der Waals surface area contributed by atoms with Gasteiger partial charge in [0.2, 0.25) is 0 Å². The van der Waals surface area contributed by atoms with Crippen molar-refractivity contribution in [1.82, 2.24) is 0 Å². The summed E-state index contributed by atoms with van der Waals surface area (Å²) in [7, 11) is 0. The fourth-order valence-corrected chi connectivity index (χ4v) is 2.18. The Labute approximate surface area is 115 Å². The van der Waals surface area contributed by atoms with Gasteiger partial charge in [-0.2, -0.15) is 0 Å². The fraction of sp³-hybridized carbons (Fsp3) is 0.882. The van der Waals surface area contributed by atoms with Crippen LogP contribution in [0.2, 0.25) is 0 Å². The smallest absolute Gasteiger partial charge is 0.0431 e. The molecule has 0 aliphatic rings. The molecule has 0 amide bonds. The van der Waals surface area contributed by atoms with E-state index in [1.807, 2.05) is 0 Å². The lowest BCUT2D eigenvalue weighted by Gasteiger charge is -2.00. The van der Waals surface area contributed by atoms with Crippen molar-refractivity contribution in [1.29, 1.82) is 0 Å². The Morgan fingerprint density at radius 3 is 1.56 bits per heavy atom. The van der Waals surface area contributed by atoms with Crippen LogP contribution in [0.3, 0.4) is 0 Å². The van der Waals surface area contributed by atoms with Crippen LogP contribution in [0.25, 0.3) is 0 Å². The molecule has 0 saturated carbocycles. The molecule has 0 aromatic rings. The maximum absolute atomic E-state index is 8.65. The number of hydrogen-bond donors (Lipinski definition) is 1. The number of hydrogen-bond acceptors (Lipinski definition) is 1. The van der Waals surface area contributed by atoms with Crippen LogP contribution in [0.4, 0.5) is 0 Å². The second-order valence-corrected chi connectivity index (χ2v) is 5.31. The summed E-state index contributed by atoms with van der Waals surface area (Å²) in [6, 6.07) is 0. The third-order valence-electron chi connectivity index (χ3n) is 3.42. The summed E-state index contributed by atoms with van der Waals surface area (Å²) in [4.78, 5) is 0. The van der Waals surface area contributed by atoms with Gasteiger partial charge in [-0.3, -0.25) is 0 Å². The van der Waals surface area contributed by atoms with Crippen LogP contribution in [0.15, 0.2) is 12.2 Å². The molecule has 108 valence electrons. The van der Waals surface area contributed by atoms with Crippen molar-refractivity contribution >= 4 is 0 Å². The zero-order chi connectivity index (χ0) is 13.3. The number of allylic oxidation sites excluding steroid dienone is 2. The number of rotatable bonds is 14. The normalized spacial score (nSPS) is 11.4. The summed E-state index contributed by atoms with van der Waals surface area (Å²) in [6.45, 7) is 2.62. The van der Waals surface area contributed by atoms with Gasteiger partial charge in [0.05, 0.1) is 0 Å². The van der Waals surface area contributed by atoms with Crippen molar-refractivity contribution in [3.63, 3.8) is 0 Å². The fourth-order valence-electron chi connectivity index (χ4n) is 2.18. The molecule has 1 heteroatoms. The zero-order valence-corrected chi connectivity index (χ0v) is 12.5. The molecule has 1 N–H and O–H groups in total. The number of aliphatic hydroxyl groups is 1. The molecule has 0 unspecified atom stereocenters. The lowest BCUT2D eigenvalue weighted by molar-refractivity contribution is 0.282. The van der Waals surface area contributed by atoms with Crippen LogP contribution in [0.1, 0.15) is 90.4 Å². The summed E-state index contributed by atoms with van der Waals surface area (Å²) < 4.78 is 0. The first-order chi connectivity index (χ1) is 8.91. The molecule has 18 heavy (non-hydrogen) atoms. The topological polar surface area (TPSA) is 20.2 Å². The van der Waals surface area contributed by atoms with E-state index in [4.69, 9.17) is 5.11 Å². The molecule has 0 aromatic heterocycles. The Morgan fingerprint density at radius 1 is 0.611 bits per heavy atom.